The van der Waals surface area contributed by atoms with Crippen molar-refractivity contribution >= 4 is 0 Å². The number of rotatable bonds is 1. The predicted molar refractivity (Wildman–Crippen MR) is 42.1 cm³/mol. The van der Waals surface area contributed by atoms with Crippen molar-refractivity contribution in [3.8, 4) is 11.4 Å². The summed E-state index contributed by atoms with van der Waals surface area (Å²) in [5.74, 6) is 0.584. The van der Waals surface area contributed by atoms with Gasteiger partial charge in [0.1, 0.15) is 0 Å². The third kappa shape index (κ3) is 1.05. The molecular weight excluding hydrogens is 154 g/mol. The summed E-state index contributed by atoms with van der Waals surface area (Å²) in [6.45, 7) is 1.98. The zero-order valence-corrected chi connectivity index (χ0v) is 6.52. The Hall–Kier alpha value is -1.78. The van der Waals surface area contributed by atoms with E-state index in [0.717, 1.165) is 11.1 Å². The molecule has 5 heteroatoms. The standard InChI is InChI=1S/C7H7N5/c1-5-2-3-8-4-6(5)7-9-11-12-10-7/h2-4H,1H3,(H,9,10,11,12). The van der Waals surface area contributed by atoms with Crippen LogP contribution in [-0.4, -0.2) is 25.6 Å². The average Bonchev–Trinajstić information content (AvgIpc) is 2.57. The molecule has 0 radical (unpaired) electrons. The molecule has 0 bridgehead atoms. The predicted octanol–water partition coefficient (Wildman–Crippen LogP) is 0.570. The van der Waals surface area contributed by atoms with Crippen LogP contribution in [0.5, 0.6) is 0 Å². The van der Waals surface area contributed by atoms with Gasteiger partial charge >= 0.3 is 0 Å². The lowest BCUT2D eigenvalue weighted by Gasteiger charge is -1.96. The first kappa shape index (κ1) is 6.90. The van der Waals surface area contributed by atoms with Crippen molar-refractivity contribution < 1.29 is 0 Å². The van der Waals surface area contributed by atoms with Gasteiger partial charge in [0.15, 0.2) is 0 Å². The van der Waals surface area contributed by atoms with Crippen LogP contribution in [0, 0.1) is 6.92 Å². The number of aromatic nitrogens is 5. The third-order valence-electron chi connectivity index (χ3n) is 1.63. The van der Waals surface area contributed by atoms with E-state index in [4.69, 9.17) is 0 Å². The molecule has 2 rings (SSSR count). The van der Waals surface area contributed by atoms with Crippen LogP contribution in [0.25, 0.3) is 11.4 Å². The Morgan fingerprint density at radius 3 is 3.00 bits per heavy atom. The van der Waals surface area contributed by atoms with Gasteiger partial charge in [0.25, 0.3) is 0 Å². The molecule has 0 spiro atoms. The van der Waals surface area contributed by atoms with Crippen molar-refractivity contribution in [3.63, 3.8) is 0 Å². The number of hydrogen-bond acceptors (Lipinski definition) is 4. The van der Waals surface area contributed by atoms with Gasteiger partial charge in [-0.3, -0.25) is 4.98 Å². The Balaban J connectivity index is 2.55. The maximum absolute atomic E-state index is 3.98. The molecule has 0 unspecified atom stereocenters. The fourth-order valence-corrected chi connectivity index (χ4v) is 0.974. The van der Waals surface area contributed by atoms with Gasteiger partial charge < -0.3 is 0 Å². The van der Waals surface area contributed by atoms with E-state index >= 15 is 0 Å². The average molecular weight is 161 g/mol. The highest BCUT2D eigenvalue weighted by Gasteiger charge is 2.04. The quantitative estimate of drug-likeness (QED) is 0.663. The van der Waals surface area contributed by atoms with Gasteiger partial charge in [0.05, 0.1) is 0 Å². The number of nitrogens with one attached hydrogen (secondary N) is 1. The molecule has 1 N–H and O–H groups in total. The minimum Gasteiger partial charge on any atom is -0.264 e. The summed E-state index contributed by atoms with van der Waals surface area (Å²) in [7, 11) is 0. The van der Waals surface area contributed by atoms with Crippen molar-refractivity contribution in [1.29, 1.82) is 0 Å². The number of aromatic amines is 1. The second-order valence-electron chi connectivity index (χ2n) is 2.43. The van der Waals surface area contributed by atoms with E-state index in [-0.39, 0.29) is 0 Å². The van der Waals surface area contributed by atoms with Crippen LogP contribution in [0.15, 0.2) is 18.5 Å². The van der Waals surface area contributed by atoms with Gasteiger partial charge in [-0.25, -0.2) is 0 Å². The molecule has 0 saturated heterocycles. The van der Waals surface area contributed by atoms with Gasteiger partial charge in [0, 0.05) is 18.0 Å². The molecule has 60 valence electrons. The zero-order chi connectivity index (χ0) is 8.39. The lowest BCUT2D eigenvalue weighted by atomic mass is 10.1. The number of H-pyrrole nitrogens is 1. The van der Waals surface area contributed by atoms with E-state index in [2.05, 4.69) is 25.6 Å². The maximum atomic E-state index is 3.98. The summed E-state index contributed by atoms with van der Waals surface area (Å²) in [4.78, 5) is 3.98. The summed E-state index contributed by atoms with van der Waals surface area (Å²) in [5, 5.41) is 13.6. The lowest BCUT2D eigenvalue weighted by Crippen LogP contribution is -1.86. The number of tetrazole rings is 1. The van der Waals surface area contributed by atoms with Crippen LogP contribution in [0.4, 0.5) is 0 Å². The summed E-state index contributed by atoms with van der Waals surface area (Å²) in [5.41, 5.74) is 2.00. The van der Waals surface area contributed by atoms with Gasteiger partial charge in [-0.1, -0.05) is 0 Å². The van der Waals surface area contributed by atoms with E-state index in [1.807, 2.05) is 13.0 Å². The van der Waals surface area contributed by atoms with Crippen molar-refractivity contribution in [1.82, 2.24) is 25.6 Å². The molecule has 0 aromatic carbocycles. The van der Waals surface area contributed by atoms with Crippen molar-refractivity contribution in [2.24, 2.45) is 0 Å². The number of pyridine rings is 1. The lowest BCUT2D eigenvalue weighted by molar-refractivity contribution is 0.881. The topological polar surface area (TPSA) is 67.3 Å². The fraction of sp³-hybridized carbons (Fsp3) is 0.143. The first-order valence-electron chi connectivity index (χ1n) is 3.52. The normalized spacial score (nSPS) is 10.1. The molecule has 0 aliphatic rings. The van der Waals surface area contributed by atoms with Gasteiger partial charge in [-0.2, -0.15) is 5.21 Å². The van der Waals surface area contributed by atoms with Crippen LogP contribution in [0.3, 0.4) is 0 Å². The van der Waals surface area contributed by atoms with E-state index in [9.17, 15) is 0 Å². The number of hydrogen-bond donors (Lipinski definition) is 1. The largest absolute Gasteiger partial charge is 0.264 e. The molecule has 0 aliphatic heterocycles. The number of aryl methyl sites for hydroxylation is 1. The van der Waals surface area contributed by atoms with E-state index in [0.29, 0.717) is 5.82 Å². The fourth-order valence-electron chi connectivity index (χ4n) is 0.974. The first-order valence-corrected chi connectivity index (χ1v) is 3.52. The highest BCUT2D eigenvalue weighted by Crippen LogP contribution is 2.15. The molecule has 12 heavy (non-hydrogen) atoms. The Morgan fingerprint density at radius 2 is 2.33 bits per heavy atom. The van der Waals surface area contributed by atoms with Crippen molar-refractivity contribution in [3.05, 3.63) is 24.0 Å². The second kappa shape index (κ2) is 2.69. The third-order valence-corrected chi connectivity index (χ3v) is 1.63. The molecule has 0 fully saturated rings. The molecule has 0 aliphatic carbocycles. The van der Waals surface area contributed by atoms with Crippen LogP contribution in [0.2, 0.25) is 0 Å². The Labute approximate surface area is 68.8 Å². The summed E-state index contributed by atoms with van der Waals surface area (Å²) >= 11 is 0. The molecule has 2 aromatic heterocycles. The second-order valence-corrected chi connectivity index (χ2v) is 2.43. The molecule has 0 atom stereocenters. The van der Waals surface area contributed by atoms with Crippen molar-refractivity contribution in [2.45, 2.75) is 6.92 Å². The molecule has 5 nitrogen and oxygen atoms in total. The molecule has 2 aromatic rings. The van der Waals surface area contributed by atoms with Crippen LogP contribution < -0.4 is 0 Å². The first-order chi connectivity index (χ1) is 5.88. The highest BCUT2D eigenvalue weighted by atomic mass is 15.5. The Kier molecular flexibility index (Phi) is 1.55. The van der Waals surface area contributed by atoms with Crippen molar-refractivity contribution in [2.75, 3.05) is 0 Å². The molecule has 0 saturated carbocycles. The summed E-state index contributed by atoms with van der Waals surface area (Å²) < 4.78 is 0. The van der Waals surface area contributed by atoms with E-state index < -0.39 is 0 Å². The maximum Gasteiger partial charge on any atom is 0.206 e. The zero-order valence-electron chi connectivity index (χ0n) is 6.52. The number of nitrogens with zero attached hydrogens (tertiary/aromatic N) is 4. The minimum atomic E-state index is 0.584. The Morgan fingerprint density at radius 1 is 1.42 bits per heavy atom. The van der Waals surface area contributed by atoms with Crippen LogP contribution in [0.1, 0.15) is 5.56 Å². The van der Waals surface area contributed by atoms with Gasteiger partial charge in [-0.05, 0) is 23.8 Å². The van der Waals surface area contributed by atoms with Crippen LogP contribution >= 0.6 is 0 Å². The summed E-state index contributed by atoms with van der Waals surface area (Å²) in [6, 6.07) is 1.91. The highest BCUT2D eigenvalue weighted by molar-refractivity contribution is 5.56. The SMILES string of the molecule is Cc1ccncc1-c1nn[nH]n1. The molecule has 2 heterocycles. The minimum absolute atomic E-state index is 0.584. The monoisotopic (exact) mass is 161 g/mol. The molecule has 0 amide bonds. The van der Waals surface area contributed by atoms with Crippen LogP contribution in [-0.2, 0) is 0 Å². The Bertz CT molecular complexity index is 367. The molecular formula is C7H7N5. The van der Waals surface area contributed by atoms with Gasteiger partial charge in [0.2, 0.25) is 5.82 Å². The summed E-state index contributed by atoms with van der Waals surface area (Å²) in [6.07, 6.45) is 3.46. The van der Waals surface area contributed by atoms with E-state index in [1.54, 1.807) is 12.4 Å². The smallest absolute Gasteiger partial charge is 0.206 e. The van der Waals surface area contributed by atoms with E-state index in [1.165, 1.54) is 0 Å². The van der Waals surface area contributed by atoms with Gasteiger partial charge in [-0.15, -0.1) is 10.2 Å².